The van der Waals surface area contributed by atoms with E-state index in [2.05, 4.69) is 13.8 Å². The summed E-state index contributed by atoms with van der Waals surface area (Å²) in [4.78, 5) is 0. The number of benzene rings is 18. The molecule has 0 atom stereocenters. The molecule has 0 fully saturated rings. The number of unbranched alkanes of at least 4 members (excludes halogenated alkanes) is 2. The summed E-state index contributed by atoms with van der Waals surface area (Å²) in [6.07, 6.45) is 5.98. The van der Waals surface area contributed by atoms with Crippen LogP contribution in [0.3, 0.4) is 0 Å². The van der Waals surface area contributed by atoms with E-state index in [4.69, 9.17) is 0 Å². The molecule has 4 aliphatic carbocycles. The second-order valence-corrected chi connectivity index (χ2v) is 29.4. The van der Waals surface area contributed by atoms with Gasteiger partial charge in [-0.15, -0.1) is 0 Å². The molecule has 0 amide bonds. The molecule has 0 radical (unpaired) electrons. The van der Waals surface area contributed by atoms with Gasteiger partial charge in [0.2, 0.25) is 0 Å². The molecule has 0 saturated heterocycles. The Morgan fingerprint density at radius 1 is 0.257 bits per heavy atom. The van der Waals surface area contributed by atoms with Gasteiger partial charge in [0.05, 0.1) is 5.16 Å². The molecule has 0 unspecified atom stereocenters. The molecule has 2 heteroatoms. The van der Waals surface area contributed by atoms with E-state index in [-0.39, 0.29) is 5.92 Å². The molecule has 70 heavy (non-hydrogen) atoms. The van der Waals surface area contributed by atoms with Crippen LogP contribution in [0.1, 0.15) is 67.7 Å². The minimum absolute atomic E-state index is 0.0812. The first-order chi connectivity index (χ1) is 34.7. The zero-order chi connectivity index (χ0) is 42.3. The van der Waals surface area contributed by atoms with Crippen LogP contribution in [-0.4, -0.2) is 12.3 Å². The SMILES string of the molecule is CCCCP(=O)(CCCC)C12c3c4c5c6c7c8c(c9c%10c1c1c3c3c%11c4c4c5c5c7c7c%12c8c8c9c9c%10c%10c1c1c3c3c%11c%11c4c4c5c7c5c7c%12c8c8c9c9c%10c1c1c3c3c%11c4c5c4c7c8c9c1c34)C62. The Bertz CT molecular complexity index is 6930. The third kappa shape index (κ3) is 1.52. The van der Waals surface area contributed by atoms with Gasteiger partial charge in [0.25, 0.3) is 0 Å². The molecule has 28 aromatic carbocycles. The Morgan fingerprint density at radius 2 is 0.414 bits per heavy atom. The van der Waals surface area contributed by atoms with E-state index in [1.165, 1.54) is 0 Å². The molecule has 32 rings (SSSR count). The first-order valence-electron chi connectivity index (χ1n) is 27.1. The molecule has 28 aromatic rings. The second kappa shape index (κ2) is 6.45. The average molecular weight is 883 g/mol. The van der Waals surface area contributed by atoms with E-state index in [1.54, 1.807) is 313 Å². The lowest BCUT2D eigenvalue weighted by Crippen LogP contribution is -2.39. The Hall–Kier alpha value is -7.31. The van der Waals surface area contributed by atoms with Crippen LogP contribution in [-0.2, 0) is 9.72 Å². The summed E-state index contributed by atoms with van der Waals surface area (Å²) in [7, 11) is -3.05. The van der Waals surface area contributed by atoms with Crippen LogP contribution in [0.25, 0.3) is 291 Å². The average Bonchev–Trinajstić information content (AvgIpc) is 4.34. The van der Waals surface area contributed by atoms with Crippen molar-refractivity contribution in [3.8, 4) is 0 Å². The van der Waals surface area contributed by atoms with Gasteiger partial charge in [-0.3, -0.25) is 0 Å². The van der Waals surface area contributed by atoms with Gasteiger partial charge in [-0.05, 0) is 326 Å². The summed E-state index contributed by atoms with van der Waals surface area (Å²) >= 11 is 0. The minimum atomic E-state index is -3.05. The van der Waals surface area contributed by atoms with Gasteiger partial charge in [0, 0.05) is 18.2 Å². The third-order valence-corrected chi connectivity index (χ3v) is 29.5. The summed E-state index contributed by atoms with van der Waals surface area (Å²) < 4.78 is 18.5. The highest BCUT2D eigenvalue weighted by Gasteiger charge is 2.68. The van der Waals surface area contributed by atoms with Crippen molar-refractivity contribution in [3.63, 3.8) is 0 Å². The third-order valence-electron chi connectivity index (χ3n) is 25.5. The summed E-state index contributed by atoms with van der Waals surface area (Å²) in [6, 6.07) is 0. The lowest BCUT2D eigenvalue weighted by atomic mass is 9.67. The topological polar surface area (TPSA) is 17.1 Å². The molecule has 4 aliphatic rings. The molecule has 1 nitrogen and oxygen atoms in total. The van der Waals surface area contributed by atoms with Crippen molar-refractivity contribution in [2.45, 2.75) is 50.6 Å². The normalized spacial score (nSPS) is 21.0. The largest absolute Gasteiger partial charge is 0.322 e. The van der Waals surface area contributed by atoms with Gasteiger partial charge in [-0.2, -0.15) is 0 Å². The molecule has 0 aliphatic heterocycles. The van der Waals surface area contributed by atoms with Gasteiger partial charge in [0.15, 0.2) is 0 Å². The summed E-state index contributed by atoms with van der Waals surface area (Å²) in [6.45, 7) is 4.74. The van der Waals surface area contributed by atoms with Gasteiger partial charge >= 0.3 is 0 Å². The van der Waals surface area contributed by atoms with Crippen LogP contribution < -0.4 is 0 Å². The van der Waals surface area contributed by atoms with E-state index >= 15 is 4.57 Å². The monoisotopic (exact) mass is 882 g/mol. The predicted molar refractivity (Wildman–Crippen MR) is 302 cm³/mol. The molecule has 0 spiro atoms. The van der Waals surface area contributed by atoms with Crippen LogP contribution in [0.4, 0.5) is 0 Å². The Morgan fingerprint density at radius 3 is 0.614 bits per heavy atom. The first-order valence-corrected chi connectivity index (χ1v) is 29.1. The highest BCUT2D eigenvalue weighted by atomic mass is 31.2. The molecular formula is C68H19OP. The van der Waals surface area contributed by atoms with Gasteiger partial charge < -0.3 is 4.57 Å². The minimum Gasteiger partial charge on any atom is -0.322 e. The van der Waals surface area contributed by atoms with E-state index in [0.717, 1.165) is 38.0 Å². The molecule has 0 bridgehead atoms. The second-order valence-electron chi connectivity index (χ2n) is 26.1. The maximum Gasteiger partial charge on any atom is 0.103 e. The Kier molecular flexibility index (Phi) is 2.56. The Balaban J connectivity index is 1.19. The summed E-state index contributed by atoms with van der Waals surface area (Å²) in [5.74, 6) is 0.0812. The van der Waals surface area contributed by atoms with E-state index < -0.39 is 12.3 Å². The van der Waals surface area contributed by atoms with Crippen molar-refractivity contribution in [3.05, 3.63) is 22.3 Å². The lowest BCUT2D eigenvalue weighted by Gasteiger charge is -2.50. The molecule has 0 heterocycles. The number of hydrogen-bond donors (Lipinski definition) is 0. The highest BCUT2D eigenvalue weighted by Crippen LogP contribution is 2.88. The van der Waals surface area contributed by atoms with Crippen molar-refractivity contribution in [2.24, 2.45) is 0 Å². The standard InChI is InChI=1S/C68H19OP/c1-3-5-7-70(69,8-6-4-2)68-65-61-55-41-33-25-13-10-9-11-14(13)26-28-24-18(11)20-16-12(9)15-19-17(10)23-27(25)39(41)47-45-31(23)29(19)37-35-21(15)22(16)36-38-30(20)32(24)46-48-40(28)42(34(26)33)56(55)62(65)58(48)60-52(46)50(38)54-44(36)43(35)53-49(37)51(45)59(57(47)61)66(68)63(53)64(54)67(60)68/h65H,3-8H2,1-2H3. The van der Waals surface area contributed by atoms with E-state index in [0.29, 0.717) is 0 Å². The fraction of sp³-hybridized carbons (Fsp3) is 0.147. The van der Waals surface area contributed by atoms with E-state index in [9.17, 15) is 0 Å². The quantitative estimate of drug-likeness (QED) is 0.115. The molecule has 0 N–H and O–H groups in total. The zero-order valence-electron chi connectivity index (χ0n) is 37.2. The highest BCUT2D eigenvalue weighted by molar-refractivity contribution is 7.65. The maximum atomic E-state index is 18.5. The van der Waals surface area contributed by atoms with E-state index in [1.807, 2.05) is 0 Å². The van der Waals surface area contributed by atoms with Crippen LogP contribution in [0, 0.1) is 0 Å². The molecule has 302 valence electrons. The number of hydrogen-bond acceptors (Lipinski definition) is 1. The van der Waals surface area contributed by atoms with Crippen molar-refractivity contribution in [1.82, 2.24) is 0 Å². The lowest BCUT2D eigenvalue weighted by molar-refractivity contribution is 0.524. The molecule has 0 saturated carbocycles. The smallest absolute Gasteiger partial charge is 0.103 e. The number of rotatable bonds is 7. The molecule has 0 aromatic heterocycles. The Labute approximate surface area is 385 Å². The molecular weight excluding hydrogens is 864 g/mol. The van der Waals surface area contributed by atoms with Crippen molar-refractivity contribution in [1.29, 1.82) is 0 Å². The van der Waals surface area contributed by atoms with Crippen molar-refractivity contribution >= 4 is 298 Å². The van der Waals surface area contributed by atoms with Gasteiger partial charge in [-0.25, -0.2) is 0 Å². The zero-order valence-corrected chi connectivity index (χ0v) is 38.1. The van der Waals surface area contributed by atoms with Crippen LogP contribution >= 0.6 is 7.14 Å². The van der Waals surface area contributed by atoms with Crippen LogP contribution in [0.5, 0.6) is 0 Å². The summed E-state index contributed by atoms with van der Waals surface area (Å²) in [5.41, 5.74) is 6.51. The maximum absolute atomic E-state index is 18.5. The van der Waals surface area contributed by atoms with Crippen LogP contribution in [0.2, 0.25) is 0 Å². The van der Waals surface area contributed by atoms with Gasteiger partial charge in [-0.1, -0.05) is 26.7 Å². The fourth-order valence-corrected chi connectivity index (χ4v) is 29.7. The van der Waals surface area contributed by atoms with Crippen molar-refractivity contribution < 1.29 is 4.57 Å². The van der Waals surface area contributed by atoms with Crippen molar-refractivity contribution in [2.75, 3.05) is 12.3 Å². The first kappa shape index (κ1) is 27.8. The predicted octanol–water partition coefficient (Wildman–Crippen LogP) is 20.1. The van der Waals surface area contributed by atoms with Crippen LogP contribution in [0.15, 0.2) is 0 Å². The van der Waals surface area contributed by atoms with Gasteiger partial charge in [0.1, 0.15) is 7.14 Å². The fourth-order valence-electron chi connectivity index (χ4n) is 25.1. The summed E-state index contributed by atoms with van der Waals surface area (Å²) in [5, 5.41) is 87.3.